The van der Waals surface area contributed by atoms with Crippen LogP contribution in [-0.4, -0.2) is 46.5 Å². The molecule has 0 bridgehead atoms. The zero-order valence-corrected chi connectivity index (χ0v) is 14.2. The number of hydrogen-bond donors (Lipinski definition) is 2. The second kappa shape index (κ2) is 12.3. The average molecular weight is 328 g/mol. The lowest BCUT2D eigenvalue weighted by atomic mass is 10.2. The fourth-order valence-electron chi connectivity index (χ4n) is 1.83. The summed E-state index contributed by atoms with van der Waals surface area (Å²) in [4.78, 5) is 4.20. The molecule has 6 heteroatoms. The standard InChI is InChI=1S/C16H26ClN3O2/c1-18-16(19-8-3-4-9-22-11-10-21-2)20-13-14-6-5-7-15(17)12-14/h5-7,12H,3-4,8-11,13H2,1-2H3,(H2,18,19,20). The summed E-state index contributed by atoms with van der Waals surface area (Å²) >= 11 is 5.96. The van der Waals surface area contributed by atoms with Gasteiger partial charge in [-0.05, 0) is 30.5 Å². The van der Waals surface area contributed by atoms with E-state index in [1.165, 1.54) is 0 Å². The van der Waals surface area contributed by atoms with Crippen LogP contribution < -0.4 is 10.6 Å². The first kappa shape index (κ1) is 18.7. The number of benzene rings is 1. The molecule has 2 N–H and O–H groups in total. The Hall–Kier alpha value is -1.30. The Balaban J connectivity index is 2.10. The molecule has 0 heterocycles. The van der Waals surface area contributed by atoms with Gasteiger partial charge < -0.3 is 20.1 Å². The van der Waals surface area contributed by atoms with Gasteiger partial charge in [0.15, 0.2) is 5.96 Å². The summed E-state index contributed by atoms with van der Waals surface area (Å²) in [7, 11) is 3.44. The predicted octanol–water partition coefficient (Wildman–Crippen LogP) is 2.45. The van der Waals surface area contributed by atoms with E-state index in [1.807, 2.05) is 24.3 Å². The Morgan fingerprint density at radius 2 is 2.05 bits per heavy atom. The molecule has 0 spiro atoms. The minimum Gasteiger partial charge on any atom is -0.382 e. The first-order chi connectivity index (χ1) is 10.8. The Bertz CT molecular complexity index is 441. The Kier molecular flexibility index (Phi) is 10.5. The van der Waals surface area contributed by atoms with E-state index < -0.39 is 0 Å². The number of aliphatic imine (C=N–C) groups is 1. The van der Waals surface area contributed by atoms with Crippen molar-refractivity contribution in [2.75, 3.05) is 40.5 Å². The van der Waals surface area contributed by atoms with Crippen LogP contribution in [0, 0.1) is 0 Å². The van der Waals surface area contributed by atoms with E-state index >= 15 is 0 Å². The summed E-state index contributed by atoms with van der Waals surface area (Å²) in [6.45, 7) is 3.63. The Morgan fingerprint density at radius 3 is 2.77 bits per heavy atom. The summed E-state index contributed by atoms with van der Waals surface area (Å²) in [6, 6.07) is 7.79. The summed E-state index contributed by atoms with van der Waals surface area (Å²) in [5, 5.41) is 7.29. The highest BCUT2D eigenvalue weighted by Crippen LogP contribution is 2.10. The molecule has 0 fully saturated rings. The number of halogens is 1. The molecule has 0 unspecified atom stereocenters. The minimum atomic E-state index is 0.651. The first-order valence-electron chi connectivity index (χ1n) is 7.52. The number of rotatable bonds is 10. The summed E-state index contributed by atoms with van der Waals surface area (Å²) in [5.74, 6) is 0.792. The van der Waals surface area contributed by atoms with E-state index in [2.05, 4.69) is 15.6 Å². The molecule has 1 rings (SSSR count). The SMILES string of the molecule is CN=C(NCCCCOCCOC)NCc1cccc(Cl)c1. The fraction of sp³-hybridized carbons (Fsp3) is 0.562. The number of nitrogens with zero attached hydrogens (tertiary/aromatic N) is 1. The number of unbranched alkanes of at least 4 members (excludes halogenated alkanes) is 1. The maximum Gasteiger partial charge on any atom is 0.191 e. The van der Waals surface area contributed by atoms with E-state index in [0.717, 1.165) is 42.5 Å². The zero-order chi connectivity index (χ0) is 16.0. The van der Waals surface area contributed by atoms with Crippen LogP contribution in [0.3, 0.4) is 0 Å². The molecule has 1 aromatic rings. The van der Waals surface area contributed by atoms with Crippen molar-refractivity contribution in [1.29, 1.82) is 0 Å². The number of methoxy groups -OCH3 is 1. The molecule has 0 aliphatic heterocycles. The van der Waals surface area contributed by atoms with Crippen molar-refractivity contribution in [1.82, 2.24) is 10.6 Å². The normalized spacial score (nSPS) is 11.5. The maximum absolute atomic E-state index is 5.96. The van der Waals surface area contributed by atoms with Gasteiger partial charge in [-0.1, -0.05) is 23.7 Å². The Morgan fingerprint density at radius 1 is 1.18 bits per heavy atom. The molecule has 22 heavy (non-hydrogen) atoms. The first-order valence-corrected chi connectivity index (χ1v) is 7.89. The van der Waals surface area contributed by atoms with Crippen molar-refractivity contribution < 1.29 is 9.47 Å². The van der Waals surface area contributed by atoms with Crippen LogP contribution in [0.1, 0.15) is 18.4 Å². The van der Waals surface area contributed by atoms with E-state index in [9.17, 15) is 0 Å². The highest BCUT2D eigenvalue weighted by atomic mass is 35.5. The maximum atomic E-state index is 5.96. The second-order valence-electron chi connectivity index (χ2n) is 4.79. The van der Waals surface area contributed by atoms with Gasteiger partial charge in [-0.15, -0.1) is 0 Å². The molecule has 0 radical (unpaired) electrons. The topological polar surface area (TPSA) is 54.9 Å². The quantitative estimate of drug-likeness (QED) is 0.394. The molecule has 0 aliphatic rings. The fourth-order valence-corrected chi connectivity index (χ4v) is 2.05. The highest BCUT2D eigenvalue weighted by molar-refractivity contribution is 6.30. The zero-order valence-electron chi connectivity index (χ0n) is 13.4. The van der Waals surface area contributed by atoms with Crippen LogP contribution >= 0.6 is 11.6 Å². The average Bonchev–Trinajstić information content (AvgIpc) is 2.53. The van der Waals surface area contributed by atoms with Crippen molar-refractivity contribution >= 4 is 17.6 Å². The lowest BCUT2D eigenvalue weighted by Gasteiger charge is -2.12. The molecular formula is C16H26ClN3O2. The number of ether oxygens (including phenoxy) is 2. The van der Waals surface area contributed by atoms with Crippen molar-refractivity contribution in [3.05, 3.63) is 34.9 Å². The summed E-state index contributed by atoms with van der Waals surface area (Å²) < 4.78 is 10.3. The van der Waals surface area contributed by atoms with Gasteiger partial charge in [-0.2, -0.15) is 0 Å². The lowest BCUT2D eigenvalue weighted by Crippen LogP contribution is -2.37. The van der Waals surface area contributed by atoms with Crippen LogP contribution in [0.4, 0.5) is 0 Å². The molecule has 0 aliphatic carbocycles. The van der Waals surface area contributed by atoms with Crippen molar-refractivity contribution in [3.63, 3.8) is 0 Å². The van der Waals surface area contributed by atoms with Gasteiger partial charge in [-0.3, -0.25) is 4.99 Å². The van der Waals surface area contributed by atoms with Gasteiger partial charge in [0.2, 0.25) is 0 Å². The van der Waals surface area contributed by atoms with Gasteiger partial charge in [0, 0.05) is 38.9 Å². The molecule has 0 amide bonds. The van der Waals surface area contributed by atoms with Gasteiger partial charge in [-0.25, -0.2) is 0 Å². The van der Waals surface area contributed by atoms with E-state index in [0.29, 0.717) is 19.8 Å². The molecule has 124 valence electrons. The largest absolute Gasteiger partial charge is 0.382 e. The molecule has 0 aromatic heterocycles. The molecular weight excluding hydrogens is 302 g/mol. The van der Waals surface area contributed by atoms with Gasteiger partial charge >= 0.3 is 0 Å². The third-order valence-corrected chi connectivity index (χ3v) is 3.25. The molecule has 0 saturated carbocycles. The second-order valence-corrected chi connectivity index (χ2v) is 5.23. The van der Waals surface area contributed by atoms with Crippen LogP contribution in [0.5, 0.6) is 0 Å². The van der Waals surface area contributed by atoms with E-state index in [1.54, 1.807) is 14.2 Å². The molecule has 0 atom stereocenters. The Labute approximate surface area is 138 Å². The van der Waals surface area contributed by atoms with Crippen molar-refractivity contribution in [3.8, 4) is 0 Å². The smallest absolute Gasteiger partial charge is 0.191 e. The minimum absolute atomic E-state index is 0.651. The molecule has 5 nitrogen and oxygen atoms in total. The number of guanidine groups is 1. The van der Waals surface area contributed by atoms with Crippen LogP contribution in [-0.2, 0) is 16.0 Å². The number of nitrogens with one attached hydrogen (secondary N) is 2. The molecule has 0 saturated heterocycles. The third-order valence-electron chi connectivity index (χ3n) is 3.01. The van der Waals surface area contributed by atoms with Crippen molar-refractivity contribution in [2.45, 2.75) is 19.4 Å². The monoisotopic (exact) mass is 327 g/mol. The summed E-state index contributed by atoms with van der Waals surface area (Å²) in [6.07, 6.45) is 2.05. The summed E-state index contributed by atoms with van der Waals surface area (Å²) in [5.41, 5.74) is 1.13. The van der Waals surface area contributed by atoms with Crippen molar-refractivity contribution in [2.24, 2.45) is 4.99 Å². The third kappa shape index (κ3) is 8.87. The van der Waals surface area contributed by atoms with Gasteiger partial charge in [0.05, 0.1) is 13.2 Å². The number of hydrogen-bond acceptors (Lipinski definition) is 3. The van der Waals surface area contributed by atoms with Gasteiger partial charge in [0.1, 0.15) is 0 Å². The van der Waals surface area contributed by atoms with Crippen LogP contribution in [0.2, 0.25) is 5.02 Å². The lowest BCUT2D eigenvalue weighted by molar-refractivity contribution is 0.0689. The van der Waals surface area contributed by atoms with E-state index in [4.69, 9.17) is 21.1 Å². The molecule has 1 aromatic carbocycles. The van der Waals surface area contributed by atoms with Crippen LogP contribution in [0.15, 0.2) is 29.3 Å². The van der Waals surface area contributed by atoms with Gasteiger partial charge in [0.25, 0.3) is 0 Å². The predicted molar refractivity (Wildman–Crippen MR) is 91.6 cm³/mol. The van der Waals surface area contributed by atoms with Crippen LogP contribution in [0.25, 0.3) is 0 Å². The van der Waals surface area contributed by atoms with E-state index in [-0.39, 0.29) is 0 Å². The highest BCUT2D eigenvalue weighted by Gasteiger charge is 1.99.